The highest BCUT2D eigenvalue weighted by atomic mass is 35.5. The van der Waals surface area contributed by atoms with E-state index < -0.39 is 11.9 Å². The zero-order valence-corrected chi connectivity index (χ0v) is 10.1. The smallest absolute Gasteiger partial charge is 0.242 e. The molecule has 0 aliphatic heterocycles. The fraction of sp³-hybridized carbons (Fsp3) is 0.100. The number of rotatable bonds is 1. The molecule has 0 fully saturated rings. The molecule has 8 heteroatoms. The van der Waals surface area contributed by atoms with Gasteiger partial charge in [0.15, 0.2) is 0 Å². The molecule has 0 N–H and O–H groups in total. The summed E-state index contributed by atoms with van der Waals surface area (Å²) in [6.07, 6.45) is -4.52. The zero-order chi connectivity index (χ0) is 13.3. The number of alkyl halides is 3. The highest BCUT2D eigenvalue weighted by Gasteiger charge is 2.32. The molecule has 0 aliphatic carbocycles. The molecule has 0 spiro atoms. The Kier molecular flexibility index (Phi) is 3.41. The lowest BCUT2D eigenvalue weighted by Crippen LogP contribution is -2.08. The van der Waals surface area contributed by atoms with Gasteiger partial charge < -0.3 is 0 Å². The van der Waals surface area contributed by atoms with Gasteiger partial charge in [0, 0.05) is 6.07 Å². The molecule has 0 unspecified atom stereocenters. The molecule has 2 heterocycles. The highest BCUT2D eigenvalue weighted by molar-refractivity contribution is 6.32. The third kappa shape index (κ3) is 2.88. The van der Waals surface area contributed by atoms with Crippen molar-refractivity contribution < 1.29 is 13.2 Å². The zero-order valence-electron chi connectivity index (χ0n) is 8.54. The molecular weight excluding hydrogens is 290 g/mol. The van der Waals surface area contributed by atoms with E-state index in [4.69, 9.17) is 23.2 Å². The number of hydrogen-bond donors (Lipinski definition) is 0. The van der Waals surface area contributed by atoms with Crippen LogP contribution in [0.2, 0.25) is 10.4 Å². The van der Waals surface area contributed by atoms with Crippen molar-refractivity contribution in [2.24, 2.45) is 0 Å². The summed E-state index contributed by atoms with van der Waals surface area (Å²) in [5.41, 5.74) is -0.854. The van der Waals surface area contributed by atoms with Crippen LogP contribution in [-0.4, -0.2) is 15.0 Å². The first-order chi connectivity index (χ1) is 8.36. The summed E-state index contributed by atoms with van der Waals surface area (Å²) >= 11 is 11.2. The number of aromatic nitrogens is 3. The summed E-state index contributed by atoms with van der Waals surface area (Å²) in [4.78, 5) is 10.8. The van der Waals surface area contributed by atoms with Crippen LogP contribution in [0.25, 0.3) is 11.4 Å². The second-order valence-electron chi connectivity index (χ2n) is 3.25. The Balaban J connectivity index is 2.51. The maximum Gasteiger partial charge on any atom is 0.433 e. The van der Waals surface area contributed by atoms with Gasteiger partial charge in [-0.15, -0.1) is 0 Å². The number of hydrogen-bond acceptors (Lipinski definition) is 3. The molecule has 0 atom stereocenters. The van der Waals surface area contributed by atoms with Crippen LogP contribution in [0, 0.1) is 0 Å². The fourth-order valence-electron chi connectivity index (χ4n) is 1.26. The lowest BCUT2D eigenvalue weighted by molar-refractivity contribution is -0.141. The second-order valence-corrected chi connectivity index (χ2v) is 3.98. The van der Waals surface area contributed by atoms with Gasteiger partial charge in [0.25, 0.3) is 0 Å². The number of halogens is 5. The summed E-state index contributed by atoms with van der Waals surface area (Å²) in [6, 6.07) is 4.77. The van der Waals surface area contributed by atoms with Gasteiger partial charge in [0.1, 0.15) is 10.8 Å². The molecule has 0 saturated heterocycles. The minimum Gasteiger partial charge on any atom is -0.242 e. The largest absolute Gasteiger partial charge is 0.433 e. The molecule has 0 bridgehead atoms. The van der Waals surface area contributed by atoms with Crippen LogP contribution in [0.4, 0.5) is 13.2 Å². The van der Waals surface area contributed by atoms with Crippen molar-refractivity contribution >= 4 is 23.2 Å². The van der Waals surface area contributed by atoms with Crippen LogP contribution >= 0.6 is 23.2 Å². The minimum absolute atomic E-state index is 0.0241. The Bertz CT molecular complexity index is 567. The Morgan fingerprint density at radius 1 is 0.944 bits per heavy atom. The first-order valence-corrected chi connectivity index (χ1v) is 5.36. The van der Waals surface area contributed by atoms with Gasteiger partial charge in [-0.05, 0) is 23.7 Å². The van der Waals surface area contributed by atoms with Crippen LogP contribution in [0.5, 0.6) is 0 Å². The fourth-order valence-corrected chi connectivity index (χ4v) is 1.67. The Morgan fingerprint density at radius 3 is 2.28 bits per heavy atom. The van der Waals surface area contributed by atoms with Gasteiger partial charge in [-0.2, -0.15) is 13.2 Å². The lowest BCUT2D eigenvalue weighted by atomic mass is 10.2. The third-order valence-electron chi connectivity index (χ3n) is 1.97. The maximum absolute atomic E-state index is 12.5. The van der Waals surface area contributed by atoms with Gasteiger partial charge in [0.2, 0.25) is 5.28 Å². The first kappa shape index (κ1) is 13.0. The highest BCUT2D eigenvalue weighted by Crippen LogP contribution is 2.29. The van der Waals surface area contributed by atoms with Gasteiger partial charge in [0.05, 0.1) is 11.4 Å². The van der Waals surface area contributed by atoms with Gasteiger partial charge in [-0.1, -0.05) is 17.7 Å². The second kappa shape index (κ2) is 4.70. The summed E-state index contributed by atoms with van der Waals surface area (Å²) in [5, 5.41) is -0.124. The van der Waals surface area contributed by atoms with Crippen molar-refractivity contribution in [3.8, 4) is 11.4 Å². The summed E-state index contributed by atoms with van der Waals surface area (Å²) in [7, 11) is 0. The van der Waals surface area contributed by atoms with Gasteiger partial charge in [-0.3, -0.25) is 0 Å². The summed E-state index contributed by atoms with van der Waals surface area (Å²) < 4.78 is 37.5. The Morgan fingerprint density at radius 2 is 1.67 bits per heavy atom. The monoisotopic (exact) mass is 293 g/mol. The van der Waals surface area contributed by atoms with E-state index in [-0.39, 0.29) is 21.8 Å². The molecule has 0 radical (unpaired) electrons. The standard InChI is InChI=1S/C10H4Cl2F3N3/c11-8-4-6(17-9(12)18-8)5-2-1-3-7(16-5)10(13,14)15/h1-4H. The molecular formula is C10H4Cl2F3N3. The van der Waals surface area contributed by atoms with E-state index in [9.17, 15) is 13.2 Å². The number of nitrogens with zero attached hydrogens (tertiary/aromatic N) is 3. The van der Waals surface area contributed by atoms with Crippen molar-refractivity contribution in [1.29, 1.82) is 0 Å². The van der Waals surface area contributed by atoms with E-state index in [2.05, 4.69) is 15.0 Å². The minimum atomic E-state index is -4.52. The summed E-state index contributed by atoms with van der Waals surface area (Å²) in [6.45, 7) is 0. The van der Waals surface area contributed by atoms with Crippen molar-refractivity contribution in [2.45, 2.75) is 6.18 Å². The van der Waals surface area contributed by atoms with E-state index in [1.165, 1.54) is 18.2 Å². The quantitative estimate of drug-likeness (QED) is 0.592. The lowest BCUT2D eigenvalue weighted by Gasteiger charge is -2.07. The molecule has 2 rings (SSSR count). The molecule has 2 aromatic heterocycles. The average molecular weight is 294 g/mol. The van der Waals surface area contributed by atoms with Crippen LogP contribution in [0.1, 0.15) is 5.69 Å². The Labute approximate surface area is 110 Å². The van der Waals surface area contributed by atoms with Crippen molar-refractivity contribution in [3.63, 3.8) is 0 Å². The normalized spacial score (nSPS) is 11.6. The third-order valence-corrected chi connectivity index (χ3v) is 2.33. The predicted octanol–water partition coefficient (Wildman–Crippen LogP) is 3.86. The van der Waals surface area contributed by atoms with E-state index in [0.717, 1.165) is 6.07 Å². The molecule has 0 saturated carbocycles. The van der Waals surface area contributed by atoms with Crippen LogP contribution in [0.15, 0.2) is 24.3 Å². The molecule has 0 aliphatic rings. The van der Waals surface area contributed by atoms with Gasteiger partial charge in [-0.25, -0.2) is 15.0 Å². The molecule has 3 nitrogen and oxygen atoms in total. The van der Waals surface area contributed by atoms with E-state index >= 15 is 0 Å². The summed E-state index contributed by atoms with van der Waals surface area (Å²) in [5.74, 6) is 0. The Hall–Kier alpha value is -1.40. The SMILES string of the molecule is FC(F)(F)c1cccc(-c2cc(Cl)nc(Cl)n2)n1. The topological polar surface area (TPSA) is 38.7 Å². The van der Waals surface area contributed by atoms with Crippen molar-refractivity contribution in [1.82, 2.24) is 15.0 Å². The first-order valence-electron chi connectivity index (χ1n) is 4.61. The molecule has 2 aromatic rings. The van der Waals surface area contributed by atoms with Gasteiger partial charge >= 0.3 is 6.18 Å². The molecule has 18 heavy (non-hydrogen) atoms. The van der Waals surface area contributed by atoms with E-state index in [0.29, 0.717) is 0 Å². The van der Waals surface area contributed by atoms with Crippen LogP contribution in [0.3, 0.4) is 0 Å². The predicted molar refractivity (Wildman–Crippen MR) is 60.3 cm³/mol. The number of pyridine rings is 1. The average Bonchev–Trinajstić information content (AvgIpc) is 2.27. The van der Waals surface area contributed by atoms with Crippen LogP contribution < -0.4 is 0 Å². The van der Waals surface area contributed by atoms with Crippen molar-refractivity contribution in [3.05, 3.63) is 40.4 Å². The molecule has 0 amide bonds. The molecule has 0 aromatic carbocycles. The van der Waals surface area contributed by atoms with E-state index in [1.807, 2.05) is 0 Å². The maximum atomic E-state index is 12.5. The molecule has 94 valence electrons. The van der Waals surface area contributed by atoms with Crippen LogP contribution in [-0.2, 0) is 6.18 Å². The van der Waals surface area contributed by atoms with E-state index in [1.54, 1.807) is 0 Å². The van der Waals surface area contributed by atoms with Crippen molar-refractivity contribution in [2.75, 3.05) is 0 Å².